The maximum atomic E-state index is 13.6. The van der Waals surface area contributed by atoms with Crippen molar-refractivity contribution in [2.45, 2.75) is 6.92 Å². The Morgan fingerprint density at radius 1 is 1.44 bits per heavy atom. The van der Waals surface area contributed by atoms with Gasteiger partial charge in [0.05, 0.1) is 10.2 Å². The number of hydrogen-bond acceptors (Lipinski definition) is 4. The minimum Gasteiger partial charge on any atom is -0.491 e. The summed E-state index contributed by atoms with van der Waals surface area (Å²) in [5.41, 5.74) is 0.618. The van der Waals surface area contributed by atoms with Crippen molar-refractivity contribution >= 4 is 34.1 Å². The van der Waals surface area contributed by atoms with Gasteiger partial charge in [0, 0.05) is 18.0 Å². The molecule has 0 spiro atoms. The van der Waals surface area contributed by atoms with Crippen LogP contribution in [0.3, 0.4) is 0 Å². The van der Waals surface area contributed by atoms with E-state index in [1.54, 1.807) is 18.3 Å². The molecule has 1 heterocycles. The smallest absolute Gasteiger partial charge is 0.167 e. The first kappa shape index (κ1) is 13.0. The van der Waals surface area contributed by atoms with Gasteiger partial charge in [-0.25, -0.2) is 14.4 Å². The zero-order chi connectivity index (χ0) is 13.0. The molecule has 2 aromatic rings. The first-order chi connectivity index (χ1) is 8.70. The zero-order valence-electron chi connectivity index (χ0n) is 9.65. The minimum absolute atomic E-state index is 0.250. The highest BCUT2D eigenvalue weighted by atomic mass is 127. The third kappa shape index (κ3) is 3.06. The van der Waals surface area contributed by atoms with Crippen LogP contribution in [0.5, 0.6) is 5.75 Å². The monoisotopic (exact) mass is 359 g/mol. The van der Waals surface area contributed by atoms with Crippen LogP contribution in [0.1, 0.15) is 6.92 Å². The highest BCUT2D eigenvalue weighted by Crippen LogP contribution is 2.24. The van der Waals surface area contributed by atoms with E-state index in [9.17, 15) is 4.39 Å². The normalized spacial score (nSPS) is 10.2. The predicted octanol–water partition coefficient (Wildman–Crippen LogP) is 3.36. The Bertz CT molecular complexity index is 551. The number of halogens is 2. The van der Waals surface area contributed by atoms with E-state index in [2.05, 4.69) is 37.9 Å². The van der Waals surface area contributed by atoms with E-state index in [0.717, 1.165) is 3.57 Å². The lowest BCUT2D eigenvalue weighted by molar-refractivity contribution is 0.321. The Labute approximate surface area is 118 Å². The largest absolute Gasteiger partial charge is 0.491 e. The molecule has 0 bridgehead atoms. The predicted molar refractivity (Wildman–Crippen MR) is 75.6 cm³/mol. The SMILES string of the molecule is CCOc1ccc(Nc2ncncc2I)cc1F. The average Bonchev–Trinajstić information content (AvgIpc) is 2.36. The van der Waals surface area contributed by atoms with Crippen LogP contribution in [0.4, 0.5) is 15.9 Å². The van der Waals surface area contributed by atoms with Crippen molar-refractivity contribution in [1.82, 2.24) is 9.97 Å². The molecular weight excluding hydrogens is 348 g/mol. The fraction of sp³-hybridized carbons (Fsp3) is 0.167. The van der Waals surface area contributed by atoms with Gasteiger partial charge in [0.2, 0.25) is 0 Å². The zero-order valence-corrected chi connectivity index (χ0v) is 11.8. The van der Waals surface area contributed by atoms with Crippen molar-refractivity contribution in [3.8, 4) is 5.75 Å². The molecule has 0 saturated heterocycles. The fourth-order valence-electron chi connectivity index (χ4n) is 1.39. The summed E-state index contributed by atoms with van der Waals surface area (Å²) in [6.45, 7) is 2.25. The molecule has 0 atom stereocenters. The number of anilines is 2. The Morgan fingerprint density at radius 3 is 2.94 bits per heavy atom. The maximum Gasteiger partial charge on any atom is 0.167 e. The Hall–Kier alpha value is -1.44. The first-order valence-corrected chi connectivity index (χ1v) is 6.43. The summed E-state index contributed by atoms with van der Waals surface area (Å²) in [5, 5.41) is 3.03. The highest BCUT2D eigenvalue weighted by molar-refractivity contribution is 14.1. The number of benzene rings is 1. The van der Waals surface area contributed by atoms with Crippen LogP contribution in [-0.2, 0) is 0 Å². The number of nitrogens with one attached hydrogen (secondary N) is 1. The van der Waals surface area contributed by atoms with Crippen molar-refractivity contribution in [3.05, 3.63) is 40.1 Å². The number of rotatable bonds is 4. The van der Waals surface area contributed by atoms with Crippen LogP contribution in [0, 0.1) is 9.39 Å². The lowest BCUT2D eigenvalue weighted by atomic mass is 10.3. The second-order valence-corrected chi connectivity index (χ2v) is 4.58. The fourth-order valence-corrected chi connectivity index (χ4v) is 1.83. The van der Waals surface area contributed by atoms with Crippen LogP contribution < -0.4 is 10.1 Å². The lowest BCUT2D eigenvalue weighted by Crippen LogP contribution is -1.99. The molecule has 0 saturated carbocycles. The van der Waals surface area contributed by atoms with E-state index >= 15 is 0 Å². The van der Waals surface area contributed by atoms with Crippen molar-refractivity contribution in [2.75, 3.05) is 11.9 Å². The molecular formula is C12H11FIN3O. The van der Waals surface area contributed by atoms with Gasteiger partial charge in [0.25, 0.3) is 0 Å². The van der Waals surface area contributed by atoms with E-state index in [0.29, 0.717) is 18.1 Å². The van der Waals surface area contributed by atoms with Gasteiger partial charge in [0.1, 0.15) is 12.1 Å². The summed E-state index contributed by atoms with van der Waals surface area (Å²) in [5.74, 6) is 0.500. The number of nitrogens with zero attached hydrogens (tertiary/aromatic N) is 2. The molecule has 6 heteroatoms. The molecule has 0 unspecified atom stereocenters. The standard InChI is InChI=1S/C12H11FIN3O/c1-2-18-11-4-3-8(5-9(11)13)17-12-10(14)6-15-7-16-12/h3-7H,2H2,1H3,(H,15,16,17). The molecule has 0 amide bonds. The van der Waals surface area contributed by atoms with Crippen molar-refractivity contribution in [2.24, 2.45) is 0 Å². The molecule has 1 aromatic heterocycles. The second kappa shape index (κ2) is 5.94. The molecule has 18 heavy (non-hydrogen) atoms. The minimum atomic E-state index is -0.397. The van der Waals surface area contributed by atoms with Crippen LogP contribution >= 0.6 is 22.6 Å². The molecule has 1 N–H and O–H groups in total. The van der Waals surface area contributed by atoms with Gasteiger partial charge in [-0.05, 0) is 41.6 Å². The van der Waals surface area contributed by atoms with Crippen LogP contribution in [0.15, 0.2) is 30.7 Å². The summed E-state index contributed by atoms with van der Waals surface area (Å²) >= 11 is 2.11. The van der Waals surface area contributed by atoms with Gasteiger partial charge in [0.15, 0.2) is 11.6 Å². The number of hydrogen-bond donors (Lipinski definition) is 1. The molecule has 94 valence electrons. The van der Waals surface area contributed by atoms with E-state index < -0.39 is 5.82 Å². The van der Waals surface area contributed by atoms with Gasteiger partial charge in [-0.3, -0.25) is 0 Å². The summed E-state index contributed by atoms with van der Waals surface area (Å²) in [6, 6.07) is 4.71. The Kier molecular flexibility index (Phi) is 4.29. The van der Waals surface area contributed by atoms with Crippen molar-refractivity contribution < 1.29 is 9.13 Å². The molecule has 2 rings (SSSR count). The Morgan fingerprint density at radius 2 is 2.28 bits per heavy atom. The van der Waals surface area contributed by atoms with E-state index in [-0.39, 0.29) is 5.75 Å². The van der Waals surface area contributed by atoms with Gasteiger partial charge in [-0.1, -0.05) is 0 Å². The van der Waals surface area contributed by atoms with Gasteiger partial charge in [-0.2, -0.15) is 0 Å². The third-order valence-corrected chi connectivity index (χ3v) is 2.95. The van der Waals surface area contributed by atoms with E-state index in [4.69, 9.17) is 4.74 Å². The molecule has 0 radical (unpaired) electrons. The summed E-state index contributed by atoms with van der Waals surface area (Å²) < 4.78 is 19.6. The van der Waals surface area contributed by atoms with Gasteiger partial charge >= 0.3 is 0 Å². The van der Waals surface area contributed by atoms with E-state index in [1.807, 2.05) is 6.92 Å². The van der Waals surface area contributed by atoms with Crippen LogP contribution in [0.2, 0.25) is 0 Å². The molecule has 0 aliphatic rings. The quantitative estimate of drug-likeness (QED) is 0.851. The molecule has 0 aliphatic heterocycles. The van der Waals surface area contributed by atoms with E-state index in [1.165, 1.54) is 12.4 Å². The molecule has 0 fully saturated rings. The van der Waals surface area contributed by atoms with Crippen molar-refractivity contribution in [3.63, 3.8) is 0 Å². The van der Waals surface area contributed by atoms with Gasteiger partial charge < -0.3 is 10.1 Å². The average molecular weight is 359 g/mol. The first-order valence-electron chi connectivity index (χ1n) is 5.35. The molecule has 4 nitrogen and oxygen atoms in total. The van der Waals surface area contributed by atoms with Gasteiger partial charge in [-0.15, -0.1) is 0 Å². The maximum absolute atomic E-state index is 13.6. The molecule has 1 aromatic carbocycles. The molecule has 0 aliphatic carbocycles. The lowest BCUT2D eigenvalue weighted by Gasteiger charge is -2.09. The Balaban J connectivity index is 2.20. The topological polar surface area (TPSA) is 47.0 Å². The van der Waals surface area contributed by atoms with Crippen molar-refractivity contribution in [1.29, 1.82) is 0 Å². The van der Waals surface area contributed by atoms with Crippen LogP contribution in [-0.4, -0.2) is 16.6 Å². The summed E-state index contributed by atoms with van der Waals surface area (Å²) in [4.78, 5) is 7.97. The summed E-state index contributed by atoms with van der Waals surface area (Å²) in [7, 11) is 0. The third-order valence-electron chi connectivity index (χ3n) is 2.16. The summed E-state index contributed by atoms with van der Waals surface area (Å²) in [6.07, 6.45) is 3.12. The number of ether oxygens (including phenoxy) is 1. The highest BCUT2D eigenvalue weighted by Gasteiger charge is 2.06. The van der Waals surface area contributed by atoms with Crippen LogP contribution in [0.25, 0.3) is 0 Å². The second-order valence-electron chi connectivity index (χ2n) is 3.42. The number of aromatic nitrogens is 2.